The Bertz CT molecular complexity index is 576. The topological polar surface area (TPSA) is 72.6 Å². The van der Waals surface area contributed by atoms with E-state index in [4.69, 9.17) is 27.2 Å². The van der Waals surface area contributed by atoms with Crippen molar-refractivity contribution in [2.45, 2.75) is 6.61 Å². The molecule has 0 amide bonds. The van der Waals surface area contributed by atoms with Gasteiger partial charge in [-0.15, -0.1) is 0 Å². The molecule has 0 radical (unpaired) electrons. The predicted octanol–water partition coefficient (Wildman–Crippen LogP) is 2.98. The van der Waals surface area contributed by atoms with Gasteiger partial charge in [0.05, 0.1) is 5.56 Å². The summed E-state index contributed by atoms with van der Waals surface area (Å²) in [4.78, 5) is 11.8. The van der Waals surface area contributed by atoms with Crippen LogP contribution >= 0.6 is 11.6 Å². The van der Waals surface area contributed by atoms with Crippen LogP contribution in [-0.2, 0) is 11.3 Å². The van der Waals surface area contributed by atoms with E-state index in [1.165, 1.54) is 24.3 Å². The van der Waals surface area contributed by atoms with Gasteiger partial charge in [0.15, 0.2) is 0 Å². The molecular formula is C14H12ClNO3. The van der Waals surface area contributed by atoms with Gasteiger partial charge in [-0.1, -0.05) is 23.7 Å². The molecule has 0 aliphatic rings. The molecule has 3 N–H and O–H groups in total. The van der Waals surface area contributed by atoms with E-state index in [1.807, 2.05) is 0 Å². The smallest absolute Gasteiger partial charge is 0.338 e. The predicted molar refractivity (Wildman–Crippen MR) is 73.1 cm³/mol. The SMILES string of the molecule is Nc1cc(Cl)cc(C(=O)OCc2ccc(O)cc2)c1. The van der Waals surface area contributed by atoms with E-state index in [9.17, 15) is 4.79 Å². The number of hydrogen-bond acceptors (Lipinski definition) is 4. The van der Waals surface area contributed by atoms with Crippen LogP contribution in [0.15, 0.2) is 42.5 Å². The number of ether oxygens (including phenoxy) is 1. The quantitative estimate of drug-likeness (QED) is 0.668. The summed E-state index contributed by atoms with van der Waals surface area (Å²) in [6.07, 6.45) is 0. The first-order valence-electron chi connectivity index (χ1n) is 5.56. The van der Waals surface area contributed by atoms with Crippen LogP contribution in [0.2, 0.25) is 5.02 Å². The fourth-order valence-corrected chi connectivity index (χ4v) is 1.80. The Morgan fingerprint density at radius 2 is 1.89 bits per heavy atom. The summed E-state index contributed by atoms with van der Waals surface area (Å²) in [7, 11) is 0. The number of nitrogen functional groups attached to an aromatic ring is 1. The molecule has 0 bridgehead atoms. The third kappa shape index (κ3) is 3.63. The minimum Gasteiger partial charge on any atom is -0.508 e. The molecule has 5 heteroatoms. The lowest BCUT2D eigenvalue weighted by molar-refractivity contribution is 0.0473. The van der Waals surface area contributed by atoms with Gasteiger partial charge in [-0.3, -0.25) is 0 Å². The largest absolute Gasteiger partial charge is 0.508 e. The highest BCUT2D eigenvalue weighted by atomic mass is 35.5. The summed E-state index contributed by atoms with van der Waals surface area (Å²) in [5, 5.41) is 9.52. The summed E-state index contributed by atoms with van der Waals surface area (Å²) >= 11 is 5.81. The molecule has 0 atom stereocenters. The van der Waals surface area contributed by atoms with Gasteiger partial charge in [-0.25, -0.2) is 4.79 Å². The van der Waals surface area contributed by atoms with Gasteiger partial charge in [-0.2, -0.15) is 0 Å². The molecule has 0 aromatic heterocycles. The van der Waals surface area contributed by atoms with E-state index in [0.29, 0.717) is 16.3 Å². The lowest BCUT2D eigenvalue weighted by Crippen LogP contribution is -2.05. The van der Waals surface area contributed by atoms with Gasteiger partial charge in [0, 0.05) is 10.7 Å². The number of halogens is 1. The zero-order valence-electron chi connectivity index (χ0n) is 9.97. The number of hydrogen-bond donors (Lipinski definition) is 2. The number of phenols is 1. The van der Waals surface area contributed by atoms with Gasteiger partial charge >= 0.3 is 5.97 Å². The minimum atomic E-state index is -0.498. The van der Waals surface area contributed by atoms with Crippen LogP contribution < -0.4 is 5.73 Å². The van der Waals surface area contributed by atoms with Crippen LogP contribution in [0.5, 0.6) is 5.75 Å². The summed E-state index contributed by atoms with van der Waals surface area (Å²) in [6.45, 7) is 0.117. The number of benzene rings is 2. The fourth-order valence-electron chi connectivity index (χ4n) is 1.55. The molecule has 0 aliphatic carbocycles. The Morgan fingerprint density at radius 3 is 2.53 bits per heavy atom. The van der Waals surface area contributed by atoms with E-state index >= 15 is 0 Å². The van der Waals surface area contributed by atoms with Gasteiger partial charge in [-0.05, 0) is 35.9 Å². The monoisotopic (exact) mass is 277 g/mol. The standard InChI is InChI=1S/C14H12ClNO3/c15-11-5-10(6-12(16)7-11)14(18)19-8-9-1-3-13(17)4-2-9/h1-7,17H,8,16H2. The number of phenolic OH excluding ortho intramolecular Hbond substituents is 1. The zero-order chi connectivity index (χ0) is 13.8. The molecule has 4 nitrogen and oxygen atoms in total. The summed E-state index contributed by atoms with van der Waals surface area (Å²) in [5.74, 6) is -0.333. The molecule has 0 heterocycles. The molecule has 2 aromatic rings. The third-order valence-corrected chi connectivity index (χ3v) is 2.68. The first kappa shape index (κ1) is 13.2. The summed E-state index contributed by atoms with van der Waals surface area (Å²) < 4.78 is 5.13. The second-order valence-electron chi connectivity index (χ2n) is 4.02. The first-order chi connectivity index (χ1) is 9.04. The van der Waals surface area contributed by atoms with Gasteiger partial charge in [0.2, 0.25) is 0 Å². The van der Waals surface area contributed by atoms with E-state index < -0.39 is 5.97 Å². The molecule has 0 saturated carbocycles. The Morgan fingerprint density at radius 1 is 1.21 bits per heavy atom. The van der Waals surface area contributed by atoms with Crippen LogP contribution in [-0.4, -0.2) is 11.1 Å². The van der Waals surface area contributed by atoms with Crippen LogP contribution in [0.1, 0.15) is 15.9 Å². The highest BCUT2D eigenvalue weighted by Gasteiger charge is 2.09. The molecule has 2 aromatic carbocycles. The van der Waals surface area contributed by atoms with Crippen molar-refractivity contribution < 1.29 is 14.6 Å². The van der Waals surface area contributed by atoms with Crippen LogP contribution in [0.3, 0.4) is 0 Å². The Labute approximate surface area is 115 Å². The molecular weight excluding hydrogens is 266 g/mol. The highest BCUT2D eigenvalue weighted by Crippen LogP contribution is 2.18. The van der Waals surface area contributed by atoms with Crippen molar-refractivity contribution in [1.29, 1.82) is 0 Å². The molecule has 0 fully saturated rings. The summed E-state index contributed by atoms with van der Waals surface area (Å²) in [6, 6.07) is 11.0. The van der Waals surface area contributed by atoms with Gasteiger partial charge in [0.25, 0.3) is 0 Å². The van der Waals surface area contributed by atoms with E-state index in [1.54, 1.807) is 18.2 Å². The number of carbonyl (C=O) groups excluding carboxylic acids is 1. The van der Waals surface area contributed by atoms with Crippen molar-refractivity contribution >= 4 is 23.3 Å². The van der Waals surface area contributed by atoms with E-state index in [2.05, 4.69) is 0 Å². The number of rotatable bonds is 3. The lowest BCUT2D eigenvalue weighted by Gasteiger charge is -2.06. The minimum absolute atomic E-state index is 0.117. The lowest BCUT2D eigenvalue weighted by atomic mass is 10.2. The highest BCUT2D eigenvalue weighted by molar-refractivity contribution is 6.31. The van der Waals surface area contributed by atoms with Crippen LogP contribution in [0.4, 0.5) is 5.69 Å². The normalized spacial score (nSPS) is 10.2. The molecule has 19 heavy (non-hydrogen) atoms. The van der Waals surface area contributed by atoms with E-state index in [-0.39, 0.29) is 12.4 Å². The van der Waals surface area contributed by atoms with Crippen LogP contribution in [0.25, 0.3) is 0 Å². The molecule has 0 spiro atoms. The van der Waals surface area contributed by atoms with Crippen molar-refractivity contribution in [2.75, 3.05) is 5.73 Å². The van der Waals surface area contributed by atoms with Crippen molar-refractivity contribution in [3.63, 3.8) is 0 Å². The number of nitrogens with two attached hydrogens (primary N) is 1. The van der Waals surface area contributed by atoms with Gasteiger partial charge < -0.3 is 15.6 Å². The van der Waals surface area contributed by atoms with Crippen molar-refractivity contribution in [1.82, 2.24) is 0 Å². The van der Waals surface area contributed by atoms with Crippen molar-refractivity contribution in [3.8, 4) is 5.75 Å². The second-order valence-corrected chi connectivity index (χ2v) is 4.45. The molecule has 2 rings (SSSR count). The maximum atomic E-state index is 11.8. The Kier molecular flexibility index (Phi) is 3.92. The fraction of sp³-hybridized carbons (Fsp3) is 0.0714. The number of carbonyl (C=O) groups is 1. The number of anilines is 1. The number of aromatic hydroxyl groups is 1. The summed E-state index contributed by atoms with van der Waals surface area (Å²) in [5.41, 5.74) is 7.10. The zero-order valence-corrected chi connectivity index (χ0v) is 10.7. The van der Waals surface area contributed by atoms with Crippen molar-refractivity contribution in [3.05, 3.63) is 58.6 Å². The van der Waals surface area contributed by atoms with Crippen LogP contribution in [0, 0.1) is 0 Å². The first-order valence-corrected chi connectivity index (χ1v) is 5.93. The van der Waals surface area contributed by atoms with E-state index in [0.717, 1.165) is 5.56 Å². The Balaban J connectivity index is 2.03. The average Bonchev–Trinajstić information content (AvgIpc) is 2.36. The molecule has 0 aliphatic heterocycles. The molecule has 98 valence electrons. The van der Waals surface area contributed by atoms with Crippen molar-refractivity contribution in [2.24, 2.45) is 0 Å². The number of esters is 1. The maximum absolute atomic E-state index is 11.8. The second kappa shape index (κ2) is 5.63. The average molecular weight is 278 g/mol. The Hall–Kier alpha value is -2.20. The third-order valence-electron chi connectivity index (χ3n) is 2.46. The maximum Gasteiger partial charge on any atom is 0.338 e. The molecule has 0 saturated heterocycles. The molecule has 0 unspecified atom stereocenters. The van der Waals surface area contributed by atoms with Gasteiger partial charge in [0.1, 0.15) is 12.4 Å².